The van der Waals surface area contributed by atoms with Crippen molar-refractivity contribution in [1.29, 1.82) is 0 Å². The zero-order valence-corrected chi connectivity index (χ0v) is 14.0. The third-order valence-corrected chi connectivity index (χ3v) is 5.42. The molecule has 1 aromatic rings. The normalized spacial score (nSPS) is 11.4. The van der Waals surface area contributed by atoms with Gasteiger partial charge in [0.2, 0.25) is 0 Å². The van der Waals surface area contributed by atoms with E-state index in [1.54, 1.807) is 20.4 Å². The summed E-state index contributed by atoms with van der Waals surface area (Å²) in [5.41, 5.74) is 0.883. The molecular weight excluding hydrogens is 272 g/mol. The van der Waals surface area contributed by atoms with Gasteiger partial charge in [0.1, 0.15) is 0 Å². The van der Waals surface area contributed by atoms with Gasteiger partial charge in [-0.3, -0.25) is 4.98 Å². The maximum absolute atomic E-state index is 5.40. The predicted octanol–water partition coefficient (Wildman–Crippen LogP) is 3.11. The molecule has 0 aromatic carbocycles. The van der Waals surface area contributed by atoms with Gasteiger partial charge < -0.3 is 14.8 Å². The smallest absolute Gasteiger partial charge is 0.183 e. The van der Waals surface area contributed by atoms with Gasteiger partial charge in [-0.05, 0) is 19.1 Å². The standard InChI is InChI=1S/C15H26N2O2S/c1-6-15(7-2,20-5)11-16-10-12-14(19-4)13(18-3)8-9-17-12/h8-9,16H,6-7,10-11H2,1-5H3. The summed E-state index contributed by atoms with van der Waals surface area (Å²) >= 11 is 1.93. The van der Waals surface area contributed by atoms with Crippen molar-refractivity contribution in [2.45, 2.75) is 38.0 Å². The predicted molar refractivity (Wildman–Crippen MR) is 85.9 cm³/mol. The van der Waals surface area contributed by atoms with Gasteiger partial charge in [0.25, 0.3) is 0 Å². The molecule has 0 aliphatic carbocycles. The van der Waals surface area contributed by atoms with Gasteiger partial charge in [0, 0.05) is 30.1 Å². The second kappa shape index (κ2) is 8.37. The molecule has 0 atom stereocenters. The zero-order chi connectivity index (χ0) is 15.0. The minimum absolute atomic E-state index is 0.298. The fraction of sp³-hybridized carbons (Fsp3) is 0.667. The molecule has 0 bridgehead atoms. The largest absolute Gasteiger partial charge is 0.493 e. The number of pyridine rings is 1. The van der Waals surface area contributed by atoms with Crippen LogP contribution in [0.4, 0.5) is 0 Å². The number of nitrogens with one attached hydrogen (secondary N) is 1. The second-order valence-corrected chi connectivity index (χ2v) is 5.97. The van der Waals surface area contributed by atoms with Gasteiger partial charge in [-0.1, -0.05) is 13.8 Å². The third kappa shape index (κ3) is 4.03. The molecule has 1 aromatic heterocycles. The van der Waals surface area contributed by atoms with Gasteiger partial charge >= 0.3 is 0 Å². The Kier molecular flexibility index (Phi) is 7.16. The molecule has 1 N–H and O–H groups in total. The molecule has 0 spiro atoms. The summed E-state index contributed by atoms with van der Waals surface area (Å²) in [5.74, 6) is 1.44. The van der Waals surface area contributed by atoms with Crippen molar-refractivity contribution in [3.63, 3.8) is 0 Å². The molecule has 4 nitrogen and oxygen atoms in total. The number of hydrogen-bond acceptors (Lipinski definition) is 5. The van der Waals surface area contributed by atoms with Crippen LogP contribution in [0.15, 0.2) is 12.3 Å². The summed E-state index contributed by atoms with van der Waals surface area (Å²) in [6, 6.07) is 1.81. The van der Waals surface area contributed by atoms with E-state index >= 15 is 0 Å². The van der Waals surface area contributed by atoms with Crippen LogP contribution in [0.1, 0.15) is 32.4 Å². The van der Waals surface area contributed by atoms with E-state index in [-0.39, 0.29) is 0 Å². The Morgan fingerprint density at radius 3 is 2.45 bits per heavy atom. The molecule has 0 fully saturated rings. The monoisotopic (exact) mass is 298 g/mol. The van der Waals surface area contributed by atoms with Crippen LogP contribution in [0.25, 0.3) is 0 Å². The van der Waals surface area contributed by atoms with E-state index in [0.717, 1.165) is 30.8 Å². The van der Waals surface area contributed by atoms with Crippen molar-refractivity contribution < 1.29 is 9.47 Å². The van der Waals surface area contributed by atoms with Gasteiger partial charge in [-0.2, -0.15) is 11.8 Å². The van der Waals surface area contributed by atoms with E-state index in [1.807, 2.05) is 17.8 Å². The summed E-state index contributed by atoms with van der Waals surface area (Å²) in [4.78, 5) is 4.38. The molecule has 0 saturated heterocycles. The maximum atomic E-state index is 5.40. The fourth-order valence-electron chi connectivity index (χ4n) is 2.25. The first-order valence-electron chi connectivity index (χ1n) is 6.98. The van der Waals surface area contributed by atoms with E-state index in [9.17, 15) is 0 Å². The average Bonchev–Trinajstić information content (AvgIpc) is 2.51. The number of nitrogens with zero attached hydrogens (tertiary/aromatic N) is 1. The number of methoxy groups -OCH3 is 2. The van der Waals surface area contributed by atoms with Crippen molar-refractivity contribution in [3.05, 3.63) is 18.0 Å². The summed E-state index contributed by atoms with van der Waals surface area (Å²) in [5, 5.41) is 3.50. The Balaban J connectivity index is 2.71. The Morgan fingerprint density at radius 2 is 1.95 bits per heavy atom. The molecular formula is C15H26N2O2S. The molecule has 1 heterocycles. The molecule has 5 heteroatoms. The summed E-state index contributed by atoms with van der Waals surface area (Å²) in [7, 11) is 3.29. The number of hydrogen-bond donors (Lipinski definition) is 1. The molecule has 114 valence electrons. The average molecular weight is 298 g/mol. The van der Waals surface area contributed by atoms with Crippen LogP contribution in [-0.4, -0.2) is 36.8 Å². The number of ether oxygens (including phenoxy) is 2. The summed E-state index contributed by atoms with van der Waals surface area (Å²) in [6.45, 7) is 6.13. The first kappa shape index (κ1) is 17.1. The molecule has 0 aliphatic heterocycles. The molecule has 20 heavy (non-hydrogen) atoms. The van der Waals surface area contributed by atoms with Gasteiger partial charge in [-0.25, -0.2) is 0 Å². The van der Waals surface area contributed by atoms with Crippen LogP contribution in [-0.2, 0) is 6.54 Å². The van der Waals surface area contributed by atoms with Crippen LogP contribution in [0.5, 0.6) is 11.5 Å². The summed E-state index contributed by atoms with van der Waals surface area (Å²) < 4.78 is 11.0. The quantitative estimate of drug-likeness (QED) is 0.759. The highest BCUT2D eigenvalue weighted by molar-refractivity contribution is 8.00. The lowest BCUT2D eigenvalue weighted by atomic mass is 10.0. The molecule has 0 saturated carbocycles. The highest BCUT2D eigenvalue weighted by Crippen LogP contribution is 2.31. The molecule has 0 unspecified atom stereocenters. The topological polar surface area (TPSA) is 43.4 Å². The zero-order valence-electron chi connectivity index (χ0n) is 13.2. The van der Waals surface area contributed by atoms with Gasteiger partial charge in [0.05, 0.1) is 19.9 Å². The fourth-order valence-corrected chi connectivity index (χ4v) is 3.07. The highest BCUT2D eigenvalue weighted by atomic mass is 32.2. The van der Waals surface area contributed by atoms with Crippen molar-refractivity contribution in [3.8, 4) is 11.5 Å². The van der Waals surface area contributed by atoms with Crippen LogP contribution in [0, 0.1) is 0 Å². The molecule has 0 amide bonds. The minimum Gasteiger partial charge on any atom is -0.493 e. The van der Waals surface area contributed by atoms with E-state index in [4.69, 9.17) is 9.47 Å². The van der Waals surface area contributed by atoms with E-state index < -0.39 is 0 Å². The SMILES string of the molecule is CCC(CC)(CNCc1nccc(OC)c1OC)SC. The van der Waals surface area contributed by atoms with E-state index in [1.165, 1.54) is 0 Å². The van der Waals surface area contributed by atoms with Crippen molar-refractivity contribution in [1.82, 2.24) is 10.3 Å². The van der Waals surface area contributed by atoms with Gasteiger partial charge in [-0.15, -0.1) is 0 Å². The molecule has 1 rings (SSSR count). The Morgan fingerprint density at radius 1 is 1.25 bits per heavy atom. The van der Waals surface area contributed by atoms with Crippen molar-refractivity contribution in [2.24, 2.45) is 0 Å². The first-order chi connectivity index (χ1) is 9.66. The highest BCUT2D eigenvalue weighted by Gasteiger charge is 2.24. The van der Waals surface area contributed by atoms with Crippen LogP contribution in [0.2, 0.25) is 0 Å². The van der Waals surface area contributed by atoms with Crippen LogP contribution < -0.4 is 14.8 Å². The Labute approximate surface area is 126 Å². The third-order valence-electron chi connectivity index (χ3n) is 3.83. The maximum Gasteiger partial charge on any atom is 0.183 e. The second-order valence-electron chi connectivity index (χ2n) is 4.69. The molecule has 0 aliphatic rings. The summed E-state index contributed by atoms with van der Waals surface area (Å²) in [6.07, 6.45) is 6.24. The Hall–Kier alpha value is -0.940. The van der Waals surface area contributed by atoms with Gasteiger partial charge in [0.15, 0.2) is 11.5 Å². The lowest BCUT2D eigenvalue weighted by molar-refractivity contribution is 0.347. The van der Waals surface area contributed by atoms with Crippen LogP contribution in [0.3, 0.4) is 0 Å². The number of aromatic nitrogens is 1. The van der Waals surface area contributed by atoms with Crippen LogP contribution >= 0.6 is 11.8 Å². The lowest BCUT2D eigenvalue weighted by Gasteiger charge is -2.30. The Bertz CT molecular complexity index is 401. The van der Waals surface area contributed by atoms with Crippen molar-refractivity contribution in [2.75, 3.05) is 27.0 Å². The molecule has 0 radical (unpaired) electrons. The number of thioether (sulfide) groups is 1. The number of rotatable bonds is 9. The van der Waals surface area contributed by atoms with Crippen molar-refractivity contribution >= 4 is 11.8 Å². The van der Waals surface area contributed by atoms with E-state index in [0.29, 0.717) is 17.0 Å². The minimum atomic E-state index is 0.298. The first-order valence-corrected chi connectivity index (χ1v) is 8.20. The lowest BCUT2D eigenvalue weighted by Crippen LogP contribution is -2.36. The van der Waals surface area contributed by atoms with E-state index in [2.05, 4.69) is 30.4 Å².